The molecule has 0 heterocycles. The Labute approximate surface area is 136 Å². The number of rotatable bonds is 7. The molecule has 4 heteroatoms. The van der Waals surface area contributed by atoms with E-state index in [1.165, 1.54) is 11.1 Å². The van der Waals surface area contributed by atoms with Crippen LogP contribution in [0.4, 0.5) is 0 Å². The number of hydrogen-bond donors (Lipinski definition) is 1. The SMILES string of the molecule is Cc1ccc(C)c(SCC(=O)NCCOc2ccccc2)c1. The smallest absolute Gasteiger partial charge is 0.230 e. The topological polar surface area (TPSA) is 38.3 Å². The molecule has 0 saturated heterocycles. The normalized spacial score (nSPS) is 10.3. The summed E-state index contributed by atoms with van der Waals surface area (Å²) in [5.41, 5.74) is 2.42. The summed E-state index contributed by atoms with van der Waals surface area (Å²) in [6.45, 7) is 5.11. The maximum atomic E-state index is 11.8. The second kappa shape index (κ2) is 8.49. The van der Waals surface area contributed by atoms with Crippen molar-refractivity contribution in [2.45, 2.75) is 18.7 Å². The molecule has 0 aliphatic rings. The van der Waals surface area contributed by atoms with Gasteiger partial charge in [0.05, 0.1) is 12.3 Å². The number of carbonyl (C=O) groups is 1. The first-order valence-corrected chi connectivity index (χ1v) is 8.28. The zero-order valence-electron chi connectivity index (χ0n) is 13.0. The highest BCUT2D eigenvalue weighted by molar-refractivity contribution is 8.00. The Hall–Kier alpha value is -1.94. The highest BCUT2D eigenvalue weighted by atomic mass is 32.2. The highest BCUT2D eigenvalue weighted by Gasteiger charge is 2.05. The molecule has 1 N–H and O–H groups in total. The Kier molecular flexibility index (Phi) is 6.34. The van der Waals surface area contributed by atoms with E-state index in [4.69, 9.17) is 4.74 Å². The van der Waals surface area contributed by atoms with Crippen molar-refractivity contribution < 1.29 is 9.53 Å². The van der Waals surface area contributed by atoms with Gasteiger partial charge < -0.3 is 10.1 Å². The van der Waals surface area contributed by atoms with Crippen LogP contribution in [0.25, 0.3) is 0 Å². The molecule has 3 nitrogen and oxygen atoms in total. The van der Waals surface area contributed by atoms with E-state index in [0.717, 1.165) is 10.6 Å². The van der Waals surface area contributed by atoms with E-state index in [0.29, 0.717) is 18.9 Å². The summed E-state index contributed by atoms with van der Waals surface area (Å²) in [6.07, 6.45) is 0. The van der Waals surface area contributed by atoms with Gasteiger partial charge in [0.25, 0.3) is 0 Å². The number of para-hydroxylation sites is 1. The van der Waals surface area contributed by atoms with Crippen molar-refractivity contribution >= 4 is 17.7 Å². The van der Waals surface area contributed by atoms with Crippen LogP contribution >= 0.6 is 11.8 Å². The van der Waals surface area contributed by atoms with Gasteiger partial charge in [0.1, 0.15) is 12.4 Å². The molecule has 1 amide bonds. The minimum absolute atomic E-state index is 0.0302. The number of hydrogen-bond acceptors (Lipinski definition) is 3. The molecule has 2 aromatic rings. The lowest BCUT2D eigenvalue weighted by atomic mass is 10.2. The van der Waals surface area contributed by atoms with Crippen LogP contribution in [0.2, 0.25) is 0 Å². The molecule has 0 fully saturated rings. The summed E-state index contributed by atoms with van der Waals surface area (Å²) in [5, 5.41) is 2.87. The van der Waals surface area contributed by atoms with Gasteiger partial charge in [-0.15, -0.1) is 11.8 Å². The van der Waals surface area contributed by atoms with E-state index in [-0.39, 0.29) is 5.91 Å². The van der Waals surface area contributed by atoms with E-state index in [9.17, 15) is 4.79 Å². The van der Waals surface area contributed by atoms with Gasteiger partial charge >= 0.3 is 0 Å². The average Bonchev–Trinajstić information content (AvgIpc) is 2.53. The first-order valence-electron chi connectivity index (χ1n) is 7.30. The third-order valence-corrected chi connectivity index (χ3v) is 4.30. The number of benzene rings is 2. The van der Waals surface area contributed by atoms with Crippen LogP contribution in [0.5, 0.6) is 5.75 Å². The predicted molar refractivity (Wildman–Crippen MR) is 91.6 cm³/mol. The van der Waals surface area contributed by atoms with Gasteiger partial charge in [-0.05, 0) is 37.6 Å². The molecule has 0 aromatic heterocycles. The molecule has 2 rings (SSSR count). The minimum Gasteiger partial charge on any atom is -0.492 e. The highest BCUT2D eigenvalue weighted by Crippen LogP contribution is 2.23. The molecule has 116 valence electrons. The van der Waals surface area contributed by atoms with Crippen molar-refractivity contribution in [2.24, 2.45) is 0 Å². The molecule has 0 unspecified atom stereocenters. The zero-order chi connectivity index (χ0) is 15.8. The summed E-state index contributed by atoms with van der Waals surface area (Å²) in [4.78, 5) is 13.0. The predicted octanol–water partition coefficient (Wildman–Crippen LogP) is 3.59. The van der Waals surface area contributed by atoms with E-state index in [1.807, 2.05) is 30.3 Å². The Morgan fingerprint density at radius 3 is 2.68 bits per heavy atom. The van der Waals surface area contributed by atoms with Gasteiger partial charge in [-0.2, -0.15) is 0 Å². The van der Waals surface area contributed by atoms with Gasteiger partial charge in [-0.1, -0.05) is 35.9 Å². The third-order valence-electron chi connectivity index (χ3n) is 3.14. The number of aryl methyl sites for hydroxylation is 2. The molecule has 0 atom stereocenters. The molecular weight excluding hydrogens is 294 g/mol. The van der Waals surface area contributed by atoms with Gasteiger partial charge in [0, 0.05) is 4.90 Å². The minimum atomic E-state index is 0.0302. The molecule has 2 aromatic carbocycles. The Morgan fingerprint density at radius 2 is 1.91 bits per heavy atom. The maximum Gasteiger partial charge on any atom is 0.230 e. The Balaban J connectivity index is 1.67. The standard InChI is InChI=1S/C18H21NO2S/c1-14-8-9-15(2)17(12-14)22-13-18(20)19-10-11-21-16-6-4-3-5-7-16/h3-9,12H,10-11,13H2,1-2H3,(H,19,20). The molecular formula is C18H21NO2S. The lowest BCUT2D eigenvalue weighted by Gasteiger charge is -2.09. The van der Waals surface area contributed by atoms with Crippen LogP contribution < -0.4 is 10.1 Å². The molecule has 0 spiro atoms. The summed E-state index contributed by atoms with van der Waals surface area (Å²) in [7, 11) is 0. The monoisotopic (exact) mass is 315 g/mol. The number of nitrogens with one attached hydrogen (secondary N) is 1. The molecule has 0 aliphatic heterocycles. The molecule has 22 heavy (non-hydrogen) atoms. The quantitative estimate of drug-likeness (QED) is 0.627. The van der Waals surface area contributed by atoms with Crippen molar-refractivity contribution in [3.8, 4) is 5.75 Å². The van der Waals surface area contributed by atoms with Crippen molar-refractivity contribution in [1.82, 2.24) is 5.32 Å². The van der Waals surface area contributed by atoms with Gasteiger partial charge in [-0.3, -0.25) is 4.79 Å². The van der Waals surface area contributed by atoms with Crippen molar-refractivity contribution in [3.05, 3.63) is 59.7 Å². The molecule has 0 bridgehead atoms. The van der Waals surface area contributed by atoms with Gasteiger partial charge in [0.2, 0.25) is 5.91 Å². The van der Waals surface area contributed by atoms with E-state index < -0.39 is 0 Å². The zero-order valence-corrected chi connectivity index (χ0v) is 13.8. The van der Waals surface area contributed by atoms with E-state index in [1.54, 1.807) is 11.8 Å². The largest absolute Gasteiger partial charge is 0.492 e. The van der Waals surface area contributed by atoms with E-state index in [2.05, 4.69) is 37.4 Å². The van der Waals surface area contributed by atoms with Gasteiger partial charge in [0.15, 0.2) is 0 Å². The summed E-state index contributed by atoms with van der Waals surface area (Å²) in [5.74, 6) is 1.28. The average molecular weight is 315 g/mol. The van der Waals surface area contributed by atoms with Gasteiger partial charge in [-0.25, -0.2) is 0 Å². The van der Waals surface area contributed by atoms with Crippen molar-refractivity contribution in [2.75, 3.05) is 18.9 Å². The van der Waals surface area contributed by atoms with Crippen LogP contribution in [-0.2, 0) is 4.79 Å². The van der Waals surface area contributed by atoms with Crippen LogP contribution in [-0.4, -0.2) is 24.8 Å². The first-order chi connectivity index (χ1) is 10.6. The fraction of sp³-hybridized carbons (Fsp3) is 0.278. The second-order valence-corrected chi connectivity index (χ2v) is 6.09. The van der Waals surface area contributed by atoms with Crippen LogP contribution in [0.1, 0.15) is 11.1 Å². The fourth-order valence-electron chi connectivity index (χ4n) is 1.93. The molecule has 0 radical (unpaired) electrons. The summed E-state index contributed by atoms with van der Waals surface area (Å²) in [6, 6.07) is 15.9. The van der Waals surface area contributed by atoms with Crippen LogP contribution in [0.15, 0.2) is 53.4 Å². The lowest BCUT2D eigenvalue weighted by Crippen LogP contribution is -2.29. The van der Waals surface area contributed by atoms with Crippen LogP contribution in [0.3, 0.4) is 0 Å². The Morgan fingerprint density at radius 1 is 1.14 bits per heavy atom. The van der Waals surface area contributed by atoms with Crippen molar-refractivity contribution in [3.63, 3.8) is 0 Å². The third kappa shape index (κ3) is 5.45. The second-order valence-electron chi connectivity index (χ2n) is 5.07. The number of ether oxygens (including phenoxy) is 1. The first kappa shape index (κ1) is 16.4. The molecule has 0 saturated carbocycles. The lowest BCUT2D eigenvalue weighted by molar-refractivity contribution is -0.118. The fourth-order valence-corrected chi connectivity index (χ4v) is 2.89. The van der Waals surface area contributed by atoms with Crippen molar-refractivity contribution in [1.29, 1.82) is 0 Å². The number of thioether (sulfide) groups is 1. The number of amides is 1. The summed E-state index contributed by atoms with van der Waals surface area (Å²) >= 11 is 1.57. The number of carbonyl (C=O) groups excluding carboxylic acids is 1. The van der Waals surface area contributed by atoms with E-state index >= 15 is 0 Å². The summed E-state index contributed by atoms with van der Waals surface area (Å²) < 4.78 is 5.53. The maximum absolute atomic E-state index is 11.8. The molecule has 0 aliphatic carbocycles. The Bertz CT molecular complexity index is 614. The van der Waals surface area contributed by atoms with Crippen LogP contribution in [0, 0.1) is 13.8 Å².